The third kappa shape index (κ3) is 13.5. The van der Waals surface area contributed by atoms with Crippen LogP contribution in [0.2, 0.25) is 0 Å². The Kier molecular flexibility index (Phi) is 12.5. The van der Waals surface area contributed by atoms with E-state index in [1.165, 1.54) is 64.9 Å². The molecule has 0 bridgehead atoms. The zero-order chi connectivity index (χ0) is 13.6. The molecule has 18 heavy (non-hydrogen) atoms. The Morgan fingerprint density at radius 1 is 0.833 bits per heavy atom. The number of carbonyl (C=O) groups is 1. The number of hydrogen-bond acceptors (Lipinski definition) is 2. The van der Waals surface area contributed by atoms with Gasteiger partial charge in [0.1, 0.15) is 0 Å². The minimum atomic E-state index is -0.0693. The Hall–Kier alpha value is -0.530. The first-order chi connectivity index (χ1) is 8.66. The average molecular weight is 256 g/mol. The van der Waals surface area contributed by atoms with Crippen LogP contribution < -0.4 is 0 Å². The van der Waals surface area contributed by atoms with Crippen LogP contribution in [0.4, 0.5) is 0 Å². The molecule has 0 spiro atoms. The first-order valence-corrected chi connectivity index (χ1v) is 7.73. The zero-order valence-electron chi connectivity index (χ0n) is 12.7. The van der Waals surface area contributed by atoms with Crippen LogP contribution in [0.25, 0.3) is 0 Å². The topological polar surface area (TPSA) is 26.3 Å². The molecule has 0 radical (unpaired) electrons. The summed E-state index contributed by atoms with van der Waals surface area (Å²) in [6.07, 6.45) is 13.7. The van der Waals surface area contributed by atoms with Crippen molar-refractivity contribution in [2.24, 2.45) is 5.92 Å². The van der Waals surface area contributed by atoms with Crippen LogP contribution in [0.5, 0.6) is 0 Å². The maximum atomic E-state index is 10.9. The minimum Gasteiger partial charge on any atom is -0.469 e. The number of unbranched alkanes of at least 4 members (excludes halogenated alkanes) is 8. The van der Waals surface area contributed by atoms with Crippen molar-refractivity contribution in [2.75, 3.05) is 7.11 Å². The smallest absolute Gasteiger partial charge is 0.305 e. The summed E-state index contributed by atoms with van der Waals surface area (Å²) >= 11 is 0. The summed E-state index contributed by atoms with van der Waals surface area (Å²) < 4.78 is 4.61. The van der Waals surface area contributed by atoms with Crippen molar-refractivity contribution in [1.29, 1.82) is 0 Å². The highest BCUT2D eigenvalue weighted by atomic mass is 16.5. The Morgan fingerprint density at radius 2 is 1.28 bits per heavy atom. The second-order valence-corrected chi connectivity index (χ2v) is 5.69. The van der Waals surface area contributed by atoms with E-state index < -0.39 is 0 Å². The summed E-state index contributed by atoms with van der Waals surface area (Å²) in [6.45, 7) is 4.60. The fourth-order valence-electron chi connectivity index (χ4n) is 2.16. The fraction of sp³-hybridized carbons (Fsp3) is 0.938. The molecule has 0 heterocycles. The quantitative estimate of drug-likeness (QED) is 0.358. The van der Waals surface area contributed by atoms with Crippen LogP contribution >= 0.6 is 0 Å². The number of carbonyl (C=O) groups excluding carboxylic acids is 1. The molecular weight excluding hydrogens is 224 g/mol. The number of methoxy groups -OCH3 is 1. The van der Waals surface area contributed by atoms with E-state index in [1.807, 2.05) is 0 Å². The van der Waals surface area contributed by atoms with E-state index in [1.54, 1.807) is 0 Å². The third-order valence-corrected chi connectivity index (χ3v) is 3.39. The third-order valence-electron chi connectivity index (χ3n) is 3.39. The summed E-state index contributed by atoms with van der Waals surface area (Å²) in [5, 5.41) is 0. The Balaban J connectivity index is 3.01. The molecule has 0 unspecified atom stereocenters. The van der Waals surface area contributed by atoms with Crippen molar-refractivity contribution in [3.63, 3.8) is 0 Å². The van der Waals surface area contributed by atoms with E-state index in [4.69, 9.17) is 0 Å². The highest BCUT2D eigenvalue weighted by molar-refractivity contribution is 5.68. The average Bonchev–Trinajstić information content (AvgIpc) is 2.35. The summed E-state index contributed by atoms with van der Waals surface area (Å²) in [6, 6.07) is 0. The molecule has 0 aliphatic carbocycles. The second-order valence-electron chi connectivity index (χ2n) is 5.69. The number of ether oxygens (including phenoxy) is 1. The summed E-state index contributed by atoms with van der Waals surface area (Å²) in [5.41, 5.74) is 0. The molecule has 0 aromatic carbocycles. The summed E-state index contributed by atoms with van der Waals surface area (Å²) in [4.78, 5) is 10.9. The van der Waals surface area contributed by atoms with Gasteiger partial charge in [-0.25, -0.2) is 0 Å². The fourth-order valence-corrected chi connectivity index (χ4v) is 2.16. The van der Waals surface area contributed by atoms with Gasteiger partial charge in [0.25, 0.3) is 0 Å². The molecule has 0 aliphatic rings. The van der Waals surface area contributed by atoms with Gasteiger partial charge in [-0.05, 0) is 12.3 Å². The van der Waals surface area contributed by atoms with Crippen LogP contribution in [0.15, 0.2) is 0 Å². The molecule has 0 rings (SSSR count). The standard InChI is InChI=1S/C16H32O2/c1-15(2)13-11-9-7-5-4-6-8-10-12-14-16(17)18-3/h15H,4-14H2,1-3H3. The number of esters is 1. The van der Waals surface area contributed by atoms with Gasteiger partial charge in [0.05, 0.1) is 7.11 Å². The van der Waals surface area contributed by atoms with Gasteiger partial charge in [-0.2, -0.15) is 0 Å². The van der Waals surface area contributed by atoms with Crippen LogP contribution in [-0.2, 0) is 9.53 Å². The Labute approximate surface area is 113 Å². The molecular formula is C16H32O2. The van der Waals surface area contributed by atoms with Crippen molar-refractivity contribution < 1.29 is 9.53 Å². The van der Waals surface area contributed by atoms with Crippen molar-refractivity contribution >= 4 is 5.97 Å². The van der Waals surface area contributed by atoms with Crippen LogP contribution in [0, 0.1) is 5.92 Å². The monoisotopic (exact) mass is 256 g/mol. The van der Waals surface area contributed by atoms with E-state index in [-0.39, 0.29) is 5.97 Å². The van der Waals surface area contributed by atoms with Crippen molar-refractivity contribution in [3.05, 3.63) is 0 Å². The van der Waals surface area contributed by atoms with E-state index in [0.29, 0.717) is 6.42 Å². The largest absolute Gasteiger partial charge is 0.469 e. The molecule has 0 aliphatic heterocycles. The molecule has 0 atom stereocenters. The normalized spacial score (nSPS) is 10.9. The van der Waals surface area contributed by atoms with Gasteiger partial charge in [0.15, 0.2) is 0 Å². The van der Waals surface area contributed by atoms with Gasteiger partial charge in [0, 0.05) is 6.42 Å². The molecule has 0 aromatic rings. The highest BCUT2D eigenvalue weighted by Crippen LogP contribution is 2.13. The molecule has 0 N–H and O–H groups in total. The van der Waals surface area contributed by atoms with Gasteiger partial charge in [-0.3, -0.25) is 4.79 Å². The molecule has 0 aromatic heterocycles. The Bertz CT molecular complexity index is 188. The van der Waals surface area contributed by atoms with Gasteiger partial charge < -0.3 is 4.74 Å². The second kappa shape index (κ2) is 12.9. The van der Waals surface area contributed by atoms with E-state index in [9.17, 15) is 4.79 Å². The molecule has 0 fully saturated rings. The van der Waals surface area contributed by atoms with Crippen LogP contribution in [0.1, 0.15) is 84.5 Å². The molecule has 0 saturated carbocycles. The van der Waals surface area contributed by atoms with Gasteiger partial charge in [0.2, 0.25) is 0 Å². The van der Waals surface area contributed by atoms with Crippen LogP contribution in [-0.4, -0.2) is 13.1 Å². The number of hydrogen-bond donors (Lipinski definition) is 0. The molecule has 108 valence electrons. The first-order valence-electron chi connectivity index (χ1n) is 7.73. The van der Waals surface area contributed by atoms with Gasteiger partial charge >= 0.3 is 5.97 Å². The minimum absolute atomic E-state index is 0.0693. The maximum absolute atomic E-state index is 10.9. The van der Waals surface area contributed by atoms with Gasteiger partial charge in [-0.1, -0.05) is 71.6 Å². The summed E-state index contributed by atoms with van der Waals surface area (Å²) in [5.74, 6) is 0.792. The molecule has 0 amide bonds. The van der Waals surface area contributed by atoms with Crippen molar-refractivity contribution in [2.45, 2.75) is 84.5 Å². The first kappa shape index (κ1) is 17.5. The highest BCUT2D eigenvalue weighted by Gasteiger charge is 1.99. The van der Waals surface area contributed by atoms with Crippen molar-refractivity contribution in [3.8, 4) is 0 Å². The lowest BCUT2D eigenvalue weighted by Gasteiger charge is -2.04. The predicted octanol–water partition coefficient (Wildman–Crippen LogP) is 5.11. The maximum Gasteiger partial charge on any atom is 0.305 e. The lowest BCUT2D eigenvalue weighted by Crippen LogP contribution is -1.99. The SMILES string of the molecule is COC(=O)CCCCCCCCCCCC(C)C. The van der Waals surface area contributed by atoms with Crippen LogP contribution in [0.3, 0.4) is 0 Å². The lowest BCUT2D eigenvalue weighted by molar-refractivity contribution is -0.140. The lowest BCUT2D eigenvalue weighted by atomic mass is 10.0. The van der Waals surface area contributed by atoms with Gasteiger partial charge in [-0.15, -0.1) is 0 Å². The summed E-state index contributed by atoms with van der Waals surface area (Å²) in [7, 11) is 1.46. The molecule has 0 saturated heterocycles. The predicted molar refractivity (Wildman–Crippen MR) is 77.6 cm³/mol. The zero-order valence-corrected chi connectivity index (χ0v) is 12.7. The van der Waals surface area contributed by atoms with E-state index in [2.05, 4.69) is 18.6 Å². The number of rotatable bonds is 12. The van der Waals surface area contributed by atoms with Crippen molar-refractivity contribution in [1.82, 2.24) is 0 Å². The van der Waals surface area contributed by atoms with E-state index >= 15 is 0 Å². The molecule has 2 heteroatoms. The van der Waals surface area contributed by atoms with E-state index in [0.717, 1.165) is 12.3 Å². The molecule has 2 nitrogen and oxygen atoms in total. The Morgan fingerprint density at radius 3 is 1.72 bits per heavy atom.